The Hall–Kier alpha value is -3.57. The van der Waals surface area contributed by atoms with Crippen molar-refractivity contribution >= 4 is 11.9 Å². The summed E-state index contributed by atoms with van der Waals surface area (Å²) in [6.45, 7) is 3.75. The highest BCUT2D eigenvalue weighted by Gasteiger charge is 2.43. The summed E-state index contributed by atoms with van der Waals surface area (Å²) >= 11 is 0. The van der Waals surface area contributed by atoms with Gasteiger partial charge in [0.15, 0.2) is 11.5 Å². The molecule has 0 bridgehead atoms. The molecule has 3 aliphatic rings. The van der Waals surface area contributed by atoms with Crippen molar-refractivity contribution < 1.29 is 23.8 Å². The predicted molar refractivity (Wildman–Crippen MR) is 113 cm³/mol. The third-order valence-corrected chi connectivity index (χ3v) is 6.22. The van der Waals surface area contributed by atoms with Crippen LogP contribution in [-0.2, 0) is 20.9 Å². The van der Waals surface area contributed by atoms with E-state index in [1.807, 2.05) is 23.1 Å². The second-order valence-electron chi connectivity index (χ2n) is 8.24. The topological polar surface area (TPSA) is 92.1 Å². The van der Waals surface area contributed by atoms with Crippen LogP contribution >= 0.6 is 0 Å². The molecule has 2 aromatic carbocycles. The van der Waals surface area contributed by atoms with Gasteiger partial charge in [0, 0.05) is 32.7 Å². The number of nitrogens with zero attached hydrogens (tertiary/aromatic N) is 3. The van der Waals surface area contributed by atoms with Crippen LogP contribution in [0.15, 0.2) is 42.5 Å². The number of hydrogen-bond donors (Lipinski definition) is 0. The highest BCUT2D eigenvalue weighted by Crippen LogP contribution is 2.37. The van der Waals surface area contributed by atoms with Gasteiger partial charge in [-0.05, 0) is 35.4 Å². The number of rotatable bonds is 4. The number of piperazine rings is 1. The molecular weight excluding hydrogens is 410 g/mol. The van der Waals surface area contributed by atoms with Crippen molar-refractivity contribution in [3.63, 3.8) is 0 Å². The Kier molecular flexibility index (Phi) is 5.41. The van der Waals surface area contributed by atoms with E-state index in [0.29, 0.717) is 18.7 Å². The first kappa shape index (κ1) is 20.3. The molecule has 8 nitrogen and oxygen atoms in total. The monoisotopic (exact) mass is 433 g/mol. The summed E-state index contributed by atoms with van der Waals surface area (Å²) in [5.74, 6) is 0.605. The van der Waals surface area contributed by atoms with Crippen molar-refractivity contribution in [2.75, 3.05) is 33.0 Å². The third-order valence-electron chi connectivity index (χ3n) is 6.22. The average molecular weight is 433 g/mol. The molecule has 3 aliphatic heterocycles. The molecule has 164 valence electrons. The van der Waals surface area contributed by atoms with Crippen molar-refractivity contribution in [1.82, 2.24) is 9.80 Å². The number of cyclic esters (lactones) is 1. The fraction of sp³-hybridized carbons (Fsp3) is 0.375. The van der Waals surface area contributed by atoms with Crippen molar-refractivity contribution in [2.24, 2.45) is 5.92 Å². The van der Waals surface area contributed by atoms with Crippen molar-refractivity contribution in [1.29, 1.82) is 5.26 Å². The molecule has 2 aromatic rings. The summed E-state index contributed by atoms with van der Waals surface area (Å²) in [4.78, 5) is 29.4. The van der Waals surface area contributed by atoms with E-state index < -0.39 is 12.0 Å². The zero-order chi connectivity index (χ0) is 22.1. The molecule has 0 aromatic heterocycles. The van der Waals surface area contributed by atoms with Gasteiger partial charge in [0.25, 0.3) is 0 Å². The van der Waals surface area contributed by atoms with Crippen LogP contribution in [0.4, 0.5) is 0 Å². The standard InChI is InChI=1S/C24H23N3O5/c25-13-16-1-4-18(5-2-16)23-19(12-22(28)32-23)24(29)27-9-7-26(8-10-27)14-17-3-6-20-21(11-17)31-15-30-20/h1-6,11,19,23H,7-10,12,14-15H2/t19-,23+/m0/s1. The number of esters is 1. The number of hydrogen-bond acceptors (Lipinski definition) is 7. The molecular formula is C24H23N3O5. The van der Waals surface area contributed by atoms with Crippen LogP contribution in [0, 0.1) is 17.2 Å². The van der Waals surface area contributed by atoms with Crippen LogP contribution in [-0.4, -0.2) is 54.6 Å². The normalized spacial score (nSPS) is 22.5. The van der Waals surface area contributed by atoms with Gasteiger partial charge >= 0.3 is 5.97 Å². The van der Waals surface area contributed by atoms with Crippen molar-refractivity contribution in [2.45, 2.75) is 19.1 Å². The average Bonchev–Trinajstić information content (AvgIpc) is 3.45. The van der Waals surface area contributed by atoms with E-state index in [9.17, 15) is 9.59 Å². The number of benzene rings is 2. The molecule has 2 atom stereocenters. The summed E-state index contributed by atoms with van der Waals surface area (Å²) in [6, 6.07) is 14.9. The van der Waals surface area contributed by atoms with E-state index in [-0.39, 0.29) is 25.1 Å². The van der Waals surface area contributed by atoms with E-state index in [1.165, 1.54) is 0 Å². The molecule has 0 unspecified atom stereocenters. The fourth-order valence-corrected chi connectivity index (χ4v) is 4.48. The molecule has 0 saturated carbocycles. The Morgan fingerprint density at radius 2 is 1.78 bits per heavy atom. The molecule has 8 heteroatoms. The molecule has 32 heavy (non-hydrogen) atoms. The molecule has 3 heterocycles. The van der Waals surface area contributed by atoms with Crippen LogP contribution < -0.4 is 9.47 Å². The van der Waals surface area contributed by atoms with Gasteiger partial charge in [0.2, 0.25) is 12.7 Å². The lowest BCUT2D eigenvalue weighted by Gasteiger charge is -2.36. The minimum Gasteiger partial charge on any atom is -0.457 e. The van der Waals surface area contributed by atoms with E-state index in [2.05, 4.69) is 11.0 Å². The third kappa shape index (κ3) is 3.99. The lowest BCUT2D eigenvalue weighted by atomic mass is 9.93. The van der Waals surface area contributed by atoms with E-state index >= 15 is 0 Å². The Balaban J connectivity index is 1.20. The predicted octanol–water partition coefficient (Wildman–Crippen LogP) is 2.24. The zero-order valence-electron chi connectivity index (χ0n) is 17.5. The number of nitriles is 1. The maximum Gasteiger partial charge on any atom is 0.307 e. The minimum absolute atomic E-state index is 0.0482. The minimum atomic E-state index is -0.602. The molecule has 5 rings (SSSR count). The van der Waals surface area contributed by atoms with Crippen LogP contribution in [0.3, 0.4) is 0 Å². The molecule has 0 aliphatic carbocycles. The summed E-state index contributed by atoms with van der Waals surface area (Å²) in [5, 5.41) is 8.99. The summed E-state index contributed by atoms with van der Waals surface area (Å²) in [7, 11) is 0. The van der Waals surface area contributed by atoms with Gasteiger partial charge in [0.1, 0.15) is 6.10 Å². The fourth-order valence-electron chi connectivity index (χ4n) is 4.48. The zero-order valence-corrected chi connectivity index (χ0v) is 17.5. The van der Waals surface area contributed by atoms with Gasteiger partial charge in [-0.2, -0.15) is 5.26 Å². The maximum atomic E-state index is 13.2. The molecule has 1 amide bonds. The molecule has 0 N–H and O–H groups in total. The first-order valence-corrected chi connectivity index (χ1v) is 10.7. The maximum absolute atomic E-state index is 13.2. The van der Waals surface area contributed by atoms with Crippen LogP contribution in [0.25, 0.3) is 0 Å². The number of carbonyl (C=O) groups excluding carboxylic acids is 2. The van der Waals surface area contributed by atoms with Gasteiger partial charge in [-0.15, -0.1) is 0 Å². The smallest absolute Gasteiger partial charge is 0.307 e. The summed E-state index contributed by atoms with van der Waals surface area (Å²) in [6.07, 6.45) is -0.518. The van der Waals surface area contributed by atoms with Crippen LogP contribution in [0.5, 0.6) is 11.5 Å². The number of ether oxygens (including phenoxy) is 3. The van der Waals surface area contributed by atoms with Gasteiger partial charge in [0.05, 0.1) is 24.0 Å². The van der Waals surface area contributed by atoms with Gasteiger partial charge in [-0.3, -0.25) is 14.5 Å². The largest absolute Gasteiger partial charge is 0.457 e. The number of fused-ring (bicyclic) bond motifs is 1. The van der Waals surface area contributed by atoms with E-state index in [0.717, 1.165) is 42.3 Å². The number of amides is 1. The van der Waals surface area contributed by atoms with E-state index in [4.69, 9.17) is 19.5 Å². The van der Waals surface area contributed by atoms with Crippen LogP contribution in [0.2, 0.25) is 0 Å². The van der Waals surface area contributed by atoms with Gasteiger partial charge in [-0.1, -0.05) is 18.2 Å². The summed E-state index contributed by atoms with van der Waals surface area (Å²) < 4.78 is 16.3. The summed E-state index contributed by atoms with van der Waals surface area (Å²) in [5.41, 5.74) is 2.42. The Morgan fingerprint density at radius 1 is 1.03 bits per heavy atom. The molecule has 2 saturated heterocycles. The number of carbonyl (C=O) groups is 2. The quantitative estimate of drug-likeness (QED) is 0.683. The second kappa shape index (κ2) is 8.52. The SMILES string of the molecule is N#Cc1ccc([C@H]2OC(=O)C[C@@H]2C(=O)N2CCN(Cc3ccc4c(c3)OCO4)CC2)cc1. The Morgan fingerprint density at radius 3 is 2.53 bits per heavy atom. The first-order chi connectivity index (χ1) is 15.6. The lowest BCUT2D eigenvalue weighted by Crippen LogP contribution is -2.50. The highest BCUT2D eigenvalue weighted by molar-refractivity contribution is 5.87. The van der Waals surface area contributed by atoms with E-state index in [1.54, 1.807) is 24.3 Å². The highest BCUT2D eigenvalue weighted by atomic mass is 16.7. The first-order valence-electron chi connectivity index (χ1n) is 10.7. The van der Waals surface area contributed by atoms with Gasteiger partial charge < -0.3 is 19.1 Å². The molecule has 0 spiro atoms. The Bertz CT molecular complexity index is 1070. The second-order valence-corrected chi connectivity index (χ2v) is 8.24. The Labute approximate surface area is 185 Å². The van der Waals surface area contributed by atoms with Crippen molar-refractivity contribution in [3.8, 4) is 17.6 Å². The van der Waals surface area contributed by atoms with Crippen molar-refractivity contribution in [3.05, 3.63) is 59.2 Å². The lowest BCUT2D eigenvalue weighted by molar-refractivity contribution is -0.142. The van der Waals surface area contributed by atoms with Crippen LogP contribution in [0.1, 0.15) is 29.2 Å². The van der Waals surface area contributed by atoms with Gasteiger partial charge in [-0.25, -0.2) is 0 Å². The molecule has 2 fully saturated rings. The molecule has 0 radical (unpaired) electrons.